The highest BCUT2D eigenvalue weighted by atomic mass is 35.5. The molecule has 0 radical (unpaired) electrons. The smallest absolute Gasteiger partial charge is 0.338 e. The van der Waals surface area contributed by atoms with Gasteiger partial charge in [-0.3, -0.25) is 0 Å². The van der Waals surface area contributed by atoms with E-state index in [-0.39, 0.29) is 21.2 Å². The number of halogens is 1. The Kier molecular flexibility index (Phi) is 4.65. The van der Waals surface area contributed by atoms with Crippen molar-refractivity contribution >= 4 is 27.4 Å². The Morgan fingerprint density at radius 2 is 1.71 bits per heavy atom. The highest BCUT2D eigenvalue weighted by Gasteiger charge is 2.21. The van der Waals surface area contributed by atoms with Crippen LogP contribution in [0, 0.1) is 0 Å². The minimum absolute atomic E-state index is 0.0475. The van der Waals surface area contributed by atoms with Gasteiger partial charge in [-0.25, -0.2) is 13.2 Å². The van der Waals surface area contributed by atoms with Gasteiger partial charge in [0.05, 0.1) is 28.3 Å². The van der Waals surface area contributed by atoms with Gasteiger partial charge in [0.25, 0.3) is 0 Å². The van der Waals surface area contributed by atoms with Crippen molar-refractivity contribution < 1.29 is 17.9 Å². The van der Waals surface area contributed by atoms with Crippen LogP contribution in [0.25, 0.3) is 0 Å². The fourth-order valence-electron chi connectivity index (χ4n) is 1.93. The van der Waals surface area contributed by atoms with E-state index in [9.17, 15) is 13.2 Å². The molecule has 0 spiro atoms. The molecule has 0 N–H and O–H groups in total. The number of carbonyl (C=O) groups excluding carboxylic acids is 1. The van der Waals surface area contributed by atoms with Crippen molar-refractivity contribution in [1.82, 2.24) is 0 Å². The summed E-state index contributed by atoms with van der Waals surface area (Å²) in [5.41, 5.74) is 0.611. The standard InChI is InChI=1S/C15H13ClO4S/c1-20-15(17)12-7-3-2-6-11(12)10-21(18,19)14-9-5-4-8-13(14)16/h2-9H,10H2,1H3. The van der Waals surface area contributed by atoms with Gasteiger partial charge in [-0.1, -0.05) is 41.9 Å². The van der Waals surface area contributed by atoms with Gasteiger partial charge in [-0.05, 0) is 23.8 Å². The van der Waals surface area contributed by atoms with Crippen LogP contribution in [0.4, 0.5) is 0 Å². The lowest BCUT2D eigenvalue weighted by atomic mass is 10.1. The fraction of sp³-hybridized carbons (Fsp3) is 0.133. The van der Waals surface area contributed by atoms with E-state index in [4.69, 9.17) is 11.6 Å². The average Bonchev–Trinajstić information content (AvgIpc) is 2.47. The van der Waals surface area contributed by atoms with Crippen LogP contribution >= 0.6 is 11.6 Å². The molecule has 0 aliphatic carbocycles. The maximum atomic E-state index is 12.4. The molecule has 0 bridgehead atoms. The zero-order valence-electron chi connectivity index (χ0n) is 11.2. The van der Waals surface area contributed by atoms with Crippen LogP contribution in [0.5, 0.6) is 0 Å². The largest absolute Gasteiger partial charge is 0.465 e. The van der Waals surface area contributed by atoms with Gasteiger partial charge >= 0.3 is 5.97 Å². The van der Waals surface area contributed by atoms with E-state index >= 15 is 0 Å². The lowest BCUT2D eigenvalue weighted by Crippen LogP contribution is -2.11. The second-order valence-electron chi connectivity index (χ2n) is 4.34. The van der Waals surface area contributed by atoms with Gasteiger partial charge in [0, 0.05) is 0 Å². The van der Waals surface area contributed by atoms with Gasteiger partial charge < -0.3 is 4.74 Å². The molecule has 0 aliphatic rings. The Labute approximate surface area is 128 Å². The van der Waals surface area contributed by atoms with Crippen LogP contribution in [-0.2, 0) is 20.3 Å². The van der Waals surface area contributed by atoms with Gasteiger partial charge in [0.2, 0.25) is 0 Å². The minimum atomic E-state index is -3.65. The Bertz CT molecular complexity index is 769. The maximum Gasteiger partial charge on any atom is 0.338 e. The molecule has 0 atom stereocenters. The van der Waals surface area contributed by atoms with E-state index < -0.39 is 15.8 Å². The summed E-state index contributed by atoms with van der Waals surface area (Å²) in [5.74, 6) is -0.887. The Morgan fingerprint density at radius 3 is 2.38 bits per heavy atom. The molecule has 0 heterocycles. The number of sulfone groups is 1. The first-order valence-electron chi connectivity index (χ1n) is 6.09. The van der Waals surface area contributed by atoms with Crippen molar-refractivity contribution in [3.8, 4) is 0 Å². The van der Waals surface area contributed by atoms with Crippen LogP contribution in [0.3, 0.4) is 0 Å². The van der Waals surface area contributed by atoms with E-state index in [2.05, 4.69) is 4.74 Å². The number of methoxy groups -OCH3 is 1. The summed E-state index contributed by atoms with van der Waals surface area (Å²) in [4.78, 5) is 11.7. The minimum Gasteiger partial charge on any atom is -0.465 e. The topological polar surface area (TPSA) is 60.4 Å². The number of ether oxygens (including phenoxy) is 1. The van der Waals surface area contributed by atoms with Crippen molar-refractivity contribution in [2.24, 2.45) is 0 Å². The quantitative estimate of drug-likeness (QED) is 0.811. The van der Waals surface area contributed by atoms with Crippen LogP contribution in [0.2, 0.25) is 5.02 Å². The van der Waals surface area contributed by atoms with Gasteiger partial charge in [-0.2, -0.15) is 0 Å². The first-order valence-corrected chi connectivity index (χ1v) is 8.12. The normalized spacial score (nSPS) is 11.1. The number of esters is 1. The van der Waals surface area contributed by atoms with Gasteiger partial charge in [0.15, 0.2) is 9.84 Å². The average molecular weight is 325 g/mol. The second-order valence-corrected chi connectivity index (χ2v) is 6.70. The fourth-order valence-corrected chi connectivity index (χ4v) is 3.89. The summed E-state index contributed by atoms with van der Waals surface area (Å²) in [6.07, 6.45) is 0. The molecule has 2 rings (SSSR count). The van der Waals surface area contributed by atoms with Crippen molar-refractivity contribution in [1.29, 1.82) is 0 Å². The van der Waals surface area contributed by atoms with E-state index in [1.54, 1.807) is 30.3 Å². The highest BCUT2D eigenvalue weighted by Crippen LogP contribution is 2.25. The molecule has 0 saturated carbocycles. The summed E-state index contributed by atoms with van der Waals surface area (Å²) < 4.78 is 29.6. The predicted octanol–water partition coefficient (Wildman–Crippen LogP) is 3.10. The number of carbonyl (C=O) groups is 1. The maximum absolute atomic E-state index is 12.4. The molecular weight excluding hydrogens is 312 g/mol. The zero-order chi connectivity index (χ0) is 15.5. The van der Waals surface area contributed by atoms with E-state index in [1.165, 1.54) is 25.3 Å². The third-order valence-corrected chi connectivity index (χ3v) is 5.10. The molecule has 21 heavy (non-hydrogen) atoms. The lowest BCUT2D eigenvalue weighted by molar-refractivity contribution is 0.0600. The third kappa shape index (κ3) is 3.43. The molecule has 0 saturated heterocycles. The van der Waals surface area contributed by atoms with E-state index in [0.29, 0.717) is 5.56 Å². The van der Waals surface area contributed by atoms with Crippen molar-refractivity contribution in [3.63, 3.8) is 0 Å². The first-order chi connectivity index (χ1) is 9.95. The highest BCUT2D eigenvalue weighted by molar-refractivity contribution is 7.90. The summed E-state index contributed by atoms with van der Waals surface area (Å²) >= 11 is 5.93. The predicted molar refractivity (Wildman–Crippen MR) is 80.1 cm³/mol. The summed E-state index contributed by atoms with van der Waals surface area (Å²) in [7, 11) is -2.40. The molecule has 0 amide bonds. The summed E-state index contributed by atoms with van der Waals surface area (Å²) in [6, 6.07) is 12.7. The molecule has 0 aromatic heterocycles. The van der Waals surface area contributed by atoms with Crippen LogP contribution in [0.1, 0.15) is 15.9 Å². The van der Waals surface area contributed by atoms with Crippen molar-refractivity contribution in [3.05, 3.63) is 64.7 Å². The molecule has 0 fully saturated rings. The molecule has 110 valence electrons. The third-order valence-electron chi connectivity index (χ3n) is 2.94. The number of hydrogen-bond donors (Lipinski definition) is 0. The molecule has 0 unspecified atom stereocenters. The zero-order valence-corrected chi connectivity index (χ0v) is 12.8. The van der Waals surface area contributed by atoms with Gasteiger partial charge in [-0.15, -0.1) is 0 Å². The molecule has 6 heteroatoms. The SMILES string of the molecule is COC(=O)c1ccccc1CS(=O)(=O)c1ccccc1Cl. The molecule has 0 aliphatic heterocycles. The van der Waals surface area contributed by atoms with Crippen LogP contribution < -0.4 is 0 Å². The van der Waals surface area contributed by atoms with Gasteiger partial charge in [0.1, 0.15) is 0 Å². The van der Waals surface area contributed by atoms with Crippen molar-refractivity contribution in [2.45, 2.75) is 10.6 Å². The molecule has 2 aromatic carbocycles. The van der Waals surface area contributed by atoms with E-state index in [1.807, 2.05) is 0 Å². The summed E-state index contributed by atoms with van der Waals surface area (Å²) in [6.45, 7) is 0. The molecular formula is C15H13ClO4S. The second kappa shape index (κ2) is 6.28. The Morgan fingerprint density at radius 1 is 1.10 bits per heavy atom. The van der Waals surface area contributed by atoms with E-state index in [0.717, 1.165) is 0 Å². The number of hydrogen-bond acceptors (Lipinski definition) is 4. The monoisotopic (exact) mass is 324 g/mol. The van der Waals surface area contributed by atoms with Crippen molar-refractivity contribution in [2.75, 3.05) is 7.11 Å². The number of rotatable bonds is 4. The number of benzene rings is 2. The Hall–Kier alpha value is -1.85. The molecule has 2 aromatic rings. The van der Waals surface area contributed by atoms with Crippen LogP contribution in [-0.4, -0.2) is 21.5 Å². The first kappa shape index (κ1) is 15.5. The van der Waals surface area contributed by atoms with Crippen LogP contribution in [0.15, 0.2) is 53.4 Å². The Balaban J connectivity index is 2.43. The molecule has 4 nitrogen and oxygen atoms in total. The summed E-state index contributed by atoms with van der Waals surface area (Å²) in [5, 5.41) is 0.160. The lowest BCUT2D eigenvalue weighted by Gasteiger charge is -2.09.